The van der Waals surface area contributed by atoms with Crippen LogP contribution in [0, 0.1) is 0 Å². The highest BCUT2D eigenvalue weighted by molar-refractivity contribution is 7.99. The first kappa shape index (κ1) is 13.2. The molecule has 0 aliphatic heterocycles. The van der Waals surface area contributed by atoms with E-state index in [0.29, 0.717) is 15.1 Å². The molecule has 0 amide bonds. The Balaban J connectivity index is 2.31. The van der Waals surface area contributed by atoms with E-state index in [1.165, 1.54) is 30.1 Å². The molecule has 0 bridgehead atoms. The lowest BCUT2D eigenvalue weighted by atomic mass is 10.3. The van der Waals surface area contributed by atoms with Gasteiger partial charge >= 0.3 is 5.97 Å². The first-order valence-electron chi connectivity index (χ1n) is 4.88. The van der Waals surface area contributed by atoms with Crippen molar-refractivity contribution in [2.75, 3.05) is 0 Å². The molecule has 1 N–H and O–H groups in total. The van der Waals surface area contributed by atoms with Gasteiger partial charge in [0.25, 0.3) is 0 Å². The zero-order valence-corrected chi connectivity index (χ0v) is 11.3. The van der Waals surface area contributed by atoms with E-state index in [0.717, 1.165) is 4.90 Å². The highest BCUT2D eigenvalue weighted by Crippen LogP contribution is 2.34. The minimum atomic E-state index is -0.989. The molecular weight excluding hydrogens is 293 g/mol. The molecule has 18 heavy (non-hydrogen) atoms. The summed E-state index contributed by atoms with van der Waals surface area (Å²) in [6.07, 6.45) is 1.45. The molecule has 0 saturated carbocycles. The fourth-order valence-electron chi connectivity index (χ4n) is 1.27. The molecule has 0 aliphatic rings. The molecule has 0 fully saturated rings. The smallest absolute Gasteiger partial charge is 0.335 e. The van der Waals surface area contributed by atoms with Gasteiger partial charge in [-0.3, -0.25) is 0 Å². The number of carboxylic acids is 1. The number of aromatic carboxylic acids is 1. The number of rotatable bonds is 3. The summed E-state index contributed by atoms with van der Waals surface area (Å²) in [5.74, 6) is -0.989. The summed E-state index contributed by atoms with van der Waals surface area (Å²) in [6.45, 7) is 0. The number of hydrogen-bond donors (Lipinski definition) is 1. The Hall–Kier alpha value is -1.23. The van der Waals surface area contributed by atoms with E-state index in [-0.39, 0.29) is 5.56 Å². The van der Waals surface area contributed by atoms with E-state index in [1.807, 2.05) is 0 Å². The Kier molecular flexibility index (Phi) is 4.11. The number of benzene rings is 1. The quantitative estimate of drug-likeness (QED) is 0.921. The van der Waals surface area contributed by atoms with Crippen LogP contribution in [0.2, 0.25) is 10.0 Å². The molecule has 0 unspecified atom stereocenters. The largest absolute Gasteiger partial charge is 0.478 e. The van der Waals surface area contributed by atoms with Gasteiger partial charge in [0.2, 0.25) is 0 Å². The predicted octanol–water partition coefficient (Wildman–Crippen LogP) is 4.24. The Morgan fingerprint density at radius 2 is 2.00 bits per heavy atom. The van der Waals surface area contributed by atoms with Gasteiger partial charge in [0.1, 0.15) is 5.03 Å². The van der Waals surface area contributed by atoms with Crippen molar-refractivity contribution in [3.63, 3.8) is 0 Å². The van der Waals surface area contributed by atoms with Gasteiger partial charge in [-0.05, 0) is 30.3 Å². The Labute approximate surface area is 118 Å². The number of halogens is 2. The molecule has 0 atom stereocenters. The minimum Gasteiger partial charge on any atom is -0.478 e. The summed E-state index contributed by atoms with van der Waals surface area (Å²) in [5.41, 5.74) is 0.186. The van der Waals surface area contributed by atoms with E-state index in [4.69, 9.17) is 28.3 Å². The van der Waals surface area contributed by atoms with Crippen molar-refractivity contribution >= 4 is 40.9 Å². The number of carboxylic acid groups (broad SMARTS) is 1. The molecule has 3 nitrogen and oxygen atoms in total. The molecule has 0 aliphatic carbocycles. The molecule has 0 radical (unpaired) electrons. The minimum absolute atomic E-state index is 0.186. The van der Waals surface area contributed by atoms with Crippen molar-refractivity contribution < 1.29 is 9.90 Å². The maximum atomic E-state index is 10.8. The third kappa shape index (κ3) is 3.16. The van der Waals surface area contributed by atoms with Gasteiger partial charge in [-0.1, -0.05) is 35.0 Å². The molecular formula is C12H7Cl2NO2S. The zero-order chi connectivity index (χ0) is 13.1. The molecule has 1 aromatic heterocycles. The van der Waals surface area contributed by atoms with Gasteiger partial charge in [-0.25, -0.2) is 9.78 Å². The van der Waals surface area contributed by atoms with Crippen LogP contribution in [0.5, 0.6) is 0 Å². The summed E-state index contributed by atoms with van der Waals surface area (Å²) in [7, 11) is 0. The molecule has 92 valence electrons. The van der Waals surface area contributed by atoms with E-state index in [2.05, 4.69) is 4.98 Å². The lowest BCUT2D eigenvalue weighted by Crippen LogP contribution is -1.96. The maximum absolute atomic E-state index is 10.8. The summed E-state index contributed by atoms with van der Waals surface area (Å²) in [5, 5.41) is 10.6. The van der Waals surface area contributed by atoms with Crippen molar-refractivity contribution in [2.45, 2.75) is 9.92 Å². The van der Waals surface area contributed by atoms with Gasteiger partial charge in [-0.2, -0.15) is 0 Å². The SMILES string of the molecule is O=C(O)c1ccnc(Sc2cc(Cl)ccc2Cl)c1. The molecule has 1 heterocycles. The van der Waals surface area contributed by atoms with E-state index < -0.39 is 5.97 Å². The van der Waals surface area contributed by atoms with Crippen LogP contribution in [0.15, 0.2) is 46.5 Å². The second-order valence-electron chi connectivity index (χ2n) is 3.36. The van der Waals surface area contributed by atoms with E-state index in [9.17, 15) is 4.79 Å². The van der Waals surface area contributed by atoms with Crippen molar-refractivity contribution in [3.05, 3.63) is 52.1 Å². The van der Waals surface area contributed by atoms with Crippen molar-refractivity contribution in [3.8, 4) is 0 Å². The molecule has 0 saturated heterocycles. The standard InChI is InChI=1S/C12H7Cl2NO2S/c13-8-1-2-9(14)10(6-8)18-11-5-7(12(16)17)3-4-15-11/h1-6H,(H,16,17). The molecule has 2 aromatic rings. The maximum Gasteiger partial charge on any atom is 0.335 e. The number of hydrogen-bond acceptors (Lipinski definition) is 3. The molecule has 2 rings (SSSR count). The highest BCUT2D eigenvalue weighted by Gasteiger charge is 2.08. The fraction of sp³-hybridized carbons (Fsp3) is 0. The summed E-state index contributed by atoms with van der Waals surface area (Å²) >= 11 is 13.2. The normalized spacial score (nSPS) is 10.3. The van der Waals surface area contributed by atoms with Crippen LogP contribution < -0.4 is 0 Å². The van der Waals surface area contributed by atoms with Crippen LogP contribution in [-0.2, 0) is 0 Å². The number of aromatic nitrogens is 1. The second-order valence-corrected chi connectivity index (χ2v) is 5.27. The van der Waals surface area contributed by atoms with Crippen LogP contribution in [0.1, 0.15) is 10.4 Å². The average Bonchev–Trinajstić information content (AvgIpc) is 2.34. The van der Waals surface area contributed by atoms with Crippen molar-refractivity contribution in [1.82, 2.24) is 4.98 Å². The van der Waals surface area contributed by atoms with Crippen LogP contribution >= 0.6 is 35.0 Å². The molecule has 1 aromatic carbocycles. The van der Waals surface area contributed by atoms with Crippen LogP contribution in [-0.4, -0.2) is 16.1 Å². The van der Waals surface area contributed by atoms with Crippen LogP contribution in [0.4, 0.5) is 0 Å². The third-order valence-electron chi connectivity index (χ3n) is 2.09. The summed E-state index contributed by atoms with van der Waals surface area (Å²) in [6, 6.07) is 8.02. The van der Waals surface area contributed by atoms with Gasteiger partial charge in [0.05, 0.1) is 10.6 Å². The van der Waals surface area contributed by atoms with Crippen LogP contribution in [0.25, 0.3) is 0 Å². The average molecular weight is 300 g/mol. The number of pyridine rings is 1. The zero-order valence-electron chi connectivity index (χ0n) is 8.93. The third-order valence-corrected chi connectivity index (χ3v) is 3.76. The summed E-state index contributed by atoms with van der Waals surface area (Å²) in [4.78, 5) is 15.7. The van der Waals surface area contributed by atoms with Crippen LogP contribution in [0.3, 0.4) is 0 Å². The highest BCUT2D eigenvalue weighted by atomic mass is 35.5. The second kappa shape index (κ2) is 5.61. The van der Waals surface area contributed by atoms with E-state index >= 15 is 0 Å². The Morgan fingerprint density at radius 1 is 1.22 bits per heavy atom. The predicted molar refractivity (Wildman–Crippen MR) is 71.8 cm³/mol. The molecule has 0 spiro atoms. The number of nitrogens with zero attached hydrogens (tertiary/aromatic N) is 1. The number of carbonyl (C=O) groups is 1. The lowest BCUT2D eigenvalue weighted by Gasteiger charge is -2.04. The monoisotopic (exact) mass is 299 g/mol. The Morgan fingerprint density at radius 3 is 2.72 bits per heavy atom. The first-order chi connectivity index (χ1) is 8.56. The van der Waals surface area contributed by atoms with E-state index in [1.54, 1.807) is 18.2 Å². The van der Waals surface area contributed by atoms with Crippen molar-refractivity contribution in [2.24, 2.45) is 0 Å². The first-order valence-corrected chi connectivity index (χ1v) is 6.46. The van der Waals surface area contributed by atoms with Gasteiger partial charge in [0.15, 0.2) is 0 Å². The fourth-order valence-corrected chi connectivity index (χ4v) is 2.61. The summed E-state index contributed by atoms with van der Waals surface area (Å²) < 4.78 is 0. The van der Waals surface area contributed by atoms with Crippen molar-refractivity contribution in [1.29, 1.82) is 0 Å². The van der Waals surface area contributed by atoms with Gasteiger partial charge in [0, 0.05) is 16.1 Å². The molecule has 6 heteroatoms. The van der Waals surface area contributed by atoms with Gasteiger partial charge < -0.3 is 5.11 Å². The lowest BCUT2D eigenvalue weighted by molar-refractivity contribution is 0.0696. The van der Waals surface area contributed by atoms with Gasteiger partial charge in [-0.15, -0.1) is 0 Å². The topological polar surface area (TPSA) is 50.2 Å². The Bertz CT molecular complexity index is 604.